The van der Waals surface area contributed by atoms with Crippen molar-refractivity contribution in [2.75, 3.05) is 10.6 Å². The number of fused-ring (bicyclic) bond motifs is 1. The number of aromatic amines is 1. The Hall–Kier alpha value is -3.95. The molecule has 0 saturated heterocycles. The number of amides is 3. The van der Waals surface area contributed by atoms with Crippen molar-refractivity contribution in [3.05, 3.63) is 62.9 Å². The Labute approximate surface area is 177 Å². The largest absolute Gasteiger partial charge is 0.336 e. The van der Waals surface area contributed by atoms with Crippen LogP contribution in [0.25, 0.3) is 11.0 Å². The second-order valence-electron chi connectivity index (χ2n) is 7.26. The number of benzene rings is 1. The molecule has 4 N–H and O–H groups in total. The molecule has 3 amide bonds. The Kier molecular flexibility index (Phi) is 6.49. The number of nitrogens with zero attached hydrogens (tertiary/aromatic N) is 2. The summed E-state index contributed by atoms with van der Waals surface area (Å²) in [5.74, 6) is -0.513. The van der Waals surface area contributed by atoms with E-state index in [-0.39, 0.29) is 22.6 Å². The van der Waals surface area contributed by atoms with Crippen molar-refractivity contribution in [1.29, 1.82) is 0 Å². The van der Waals surface area contributed by atoms with Gasteiger partial charge in [-0.3, -0.25) is 19.1 Å². The van der Waals surface area contributed by atoms with E-state index in [1.807, 2.05) is 20.8 Å². The number of carbonyl (C=O) groups is 2. The first kappa shape index (κ1) is 21.8. The predicted molar refractivity (Wildman–Crippen MR) is 119 cm³/mol. The van der Waals surface area contributed by atoms with Crippen molar-refractivity contribution in [1.82, 2.24) is 19.9 Å². The van der Waals surface area contributed by atoms with Crippen LogP contribution in [0.5, 0.6) is 0 Å². The maximum Gasteiger partial charge on any atom is 0.329 e. The minimum atomic E-state index is -0.609. The molecule has 1 aromatic carbocycles. The number of pyridine rings is 1. The number of urea groups is 1. The van der Waals surface area contributed by atoms with Gasteiger partial charge < -0.3 is 16.0 Å². The van der Waals surface area contributed by atoms with E-state index in [1.54, 1.807) is 24.3 Å². The fraction of sp³-hybridized carbons (Fsp3) is 0.286. The van der Waals surface area contributed by atoms with Crippen molar-refractivity contribution in [2.45, 2.75) is 39.8 Å². The van der Waals surface area contributed by atoms with Gasteiger partial charge in [-0.25, -0.2) is 14.6 Å². The first-order chi connectivity index (χ1) is 14.8. The summed E-state index contributed by atoms with van der Waals surface area (Å²) in [6.07, 6.45) is 1.99. The van der Waals surface area contributed by atoms with E-state index >= 15 is 0 Å². The lowest BCUT2D eigenvalue weighted by Gasteiger charge is -2.14. The fourth-order valence-electron chi connectivity index (χ4n) is 3.04. The third-order valence-electron chi connectivity index (χ3n) is 4.39. The van der Waals surface area contributed by atoms with Gasteiger partial charge in [0.25, 0.3) is 11.5 Å². The van der Waals surface area contributed by atoms with Gasteiger partial charge in [0.05, 0.1) is 22.3 Å². The van der Waals surface area contributed by atoms with Crippen LogP contribution in [0.3, 0.4) is 0 Å². The number of aromatic nitrogens is 3. The molecule has 0 spiro atoms. The molecule has 3 aromatic rings. The van der Waals surface area contributed by atoms with E-state index in [0.29, 0.717) is 24.3 Å². The molecule has 31 heavy (non-hydrogen) atoms. The molecule has 10 nitrogen and oxygen atoms in total. The van der Waals surface area contributed by atoms with Crippen molar-refractivity contribution >= 4 is 34.3 Å². The molecule has 3 rings (SSSR count). The van der Waals surface area contributed by atoms with Crippen LogP contribution in [-0.4, -0.2) is 32.5 Å². The molecular weight excluding hydrogens is 400 g/mol. The zero-order valence-corrected chi connectivity index (χ0v) is 17.5. The highest BCUT2D eigenvalue weighted by Gasteiger charge is 2.15. The number of para-hydroxylation sites is 2. The summed E-state index contributed by atoms with van der Waals surface area (Å²) in [4.78, 5) is 55.6. The quantitative estimate of drug-likeness (QED) is 0.481. The van der Waals surface area contributed by atoms with E-state index < -0.39 is 23.2 Å². The second-order valence-corrected chi connectivity index (χ2v) is 7.26. The first-order valence-corrected chi connectivity index (χ1v) is 9.91. The molecule has 0 bridgehead atoms. The third kappa shape index (κ3) is 4.97. The van der Waals surface area contributed by atoms with Gasteiger partial charge in [-0.2, -0.15) is 0 Å². The van der Waals surface area contributed by atoms with Gasteiger partial charge >= 0.3 is 11.7 Å². The topological polar surface area (TPSA) is 138 Å². The van der Waals surface area contributed by atoms with Gasteiger partial charge in [-0.05, 0) is 38.5 Å². The zero-order valence-electron chi connectivity index (χ0n) is 17.5. The average molecular weight is 424 g/mol. The van der Waals surface area contributed by atoms with Crippen LogP contribution < -0.4 is 27.2 Å². The SMILES string of the molecule is CCCn1c(=O)[nH]c(=O)c2cc(C(=O)Nc3ccccc3NC(=O)NC(C)C)cnc21. The summed E-state index contributed by atoms with van der Waals surface area (Å²) in [5, 5.41) is 8.26. The van der Waals surface area contributed by atoms with E-state index in [4.69, 9.17) is 0 Å². The van der Waals surface area contributed by atoms with E-state index in [1.165, 1.54) is 16.8 Å². The molecule has 0 aliphatic rings. The number of hydrogen-bond acceptors (Lipinski definition) is 5. The molecular formula is C21H24N6O4. The Morgan fingerprint density at radius 3 is 2.45 bits per heavy atom. The summed E-state index contributed by atoms with van der Waals surface area (Å²) in [6.45, 7) is 5.96. The summed E-state index contributed by atoms with van der Waals surface area (Å²) < 4.78 is 1.37. The second kappa shape index (κ2) is 9.24. The van der Waals surface area contributed by atoms with Gasteiger partial charge in [-0.1, -0.05) is 19.1 Å². The average Bonchev–Trinajstić information content (AvgIpc) is 2.71. The number of aryl methyl sites for hydroxylation is 1. The molecule has 0 fully saturated rings. The van der Waals surface area contributed by atoms with Crippen LogP contribution in [0, 0.1) is 0 Å². The van der Waals surface area contributed by atoms with Crippen LogP contribution >= 0.6 is 0 Å². The molecule has 2 aromatic heterocycles. The van der Waals surface area contributed by atoms with E-state index in [9.17, 15) is 19.2 Å². The number of nitrogens with one attached hydrogen (secondary N) is 4. The molecule has 162 valence electrons. The lowest BCUT2D eigenvalue weighted by Crippen LogP contribution is -2.34. The van der Waals surface area contributed by atoms with Crippen LogP contribution in [0.15, 0.2) is 46.1 Å². The third-order valence-corrected chi connectivity index (χ3v) is 4.39. The summed E-state index contributed by atoms with van der Waals surface area (Å²) in [5.41, 5.74) is 0.0140. The van der Waals surface area contributed by atoms with Crippen molar-refractivity contribution in [2.24, 2.45) is 0 Å². The highest BCUT2D eigenvalue weighted by molar-refractivity contribution is 6.08. The minimum absolute atomic E-state index is 0.0476. The molecule has 0 saturated carbocycles. The Morgan fingerprint density at radius 1 is 1.13 bits per heavy atom. The monoisotopic (exact) mass is 424 g/mol. The van der Waals surface area contributed by atoms with Crippen molar-refractivity contribution < 1.29 is 9.59 Å². The van der Waals surface area contributed by atoms with Gasteiger partial charge in [0.2, 0.25) is 0 Å². The van der Waals surface area contributed by atoms with Crippen LogP contribution in [0.1, 0.15) is 37.6 Å². The number of rotatable bonds is 6. The van der Waals surface area contributed by atoms with Crippen LogP contribution in [0.4, 0.5) is 16.2 Å². The van der Waals surface area contributed by atoms with Crippen LogP contribution in [0.2, 0.25) is 0 Å². The normalized spacial score (nSPS) is 10.8. The van der Waals surface area contributed by atoms with Crippen molar-refractivity contribution in [3.63, 3.8) is 0 Å². The number of anilines is 2. The predicted octanol–water partition coefficient (Wildman–Crippen LogP) is 2.28. The summed E-state index contributed by atoms with van der Waals surface area (Å²) in [7, 11) is 0. The number of hydrogen-bond donors (Lipinski definition) is 4. The van der Waals surface area contributed by atoms with Gasteiger partial charge in [-0.15, -0.1) is 0 Å². The maximum atomic E-state index is 12.8. The van der Waals surface area contributed by atoms with E-state index in [2.05, 4.69) is 25.9 Å². The van der Waals surface area contributed by atoms with Gasteiger partial charge in [0, 0.05) is 18.8 Å². The lowest BCUT2D eigenvalue weighted by atomic mass is 10.2. The summed E-state index contributed by atoms with van der Waals surface area (Å²) >= 11 is 0. The molecule has 0 radical (unpaired) electrons. The highest BCUT2D eigenvalue weighted by Crippen LogP contribution is 2.22. The van der Waals surface area contributed by atoms with Crippen molar-refractivity contribution in [3.8, 4) is 0 Å². The molecule has 10 heteroatoms. The van der Waals surface area contributed by atoms with E-state index in [0.717, 1.165) is 0 Å². The standard InChI is InChI=1S/C21H24N6O4/c1-4-9-27-17-14(19(29)26-21(27)31)10-13(11-22-17)18(28)24-15-7-5-6-8-16(15)25-20(30)23-12(2)3/h5-8,10-12H,4,9H2,1-3H3,(H,24,28)(H2,23,25,30)(H,26,29,31). The molecule has 0 aliphatic carbocycles. The Bertz CT molecular complexity index is 1240. The molecule has 0 atom stereocenters. The maximum absolute atomic E-state index is 12.8. The van der Waals surface area contributed by atoms with Crippen LogP contribution in [-0.2, 0) is 6.54 Å². The smallest absolute Gasteiger partial charge is 0.329 e. The molecule has 0 aliphatic heterocycles. The molecule has 0 unspecified atom stereocenters. The Morgan fingerprint density at radius 2 is 1.81 bits per heavy atom. The van der Waals surface area contributed by atoms with Gasteiger partial charge in [0.1, 0.15) is 5.65 Å². The summed E-state index contributed by atoms with van der Waals surface area (Å²) in [6, 6.07) is 7.69. The number of carbonyl (C=O) groups excluding carboxylic acids is 2. The Balaban J connectivity index is 1.90. The van der Waals surface area contributed by atoms with Gasteiger partial charge in [0.15, 0.2) is 0 Å². The minimum Gasteiger partial charge on any atom is -0.336 e. The first-order valence-electron chi connectivity index (χ1n) is 9.91. The fourth-order valence-corrected chi connectivity index (χ4v) is 3.04. The molecule has 2 heterocycles. The lowest BCUT2D eigenvalue weighted by molar-refractivity contribution is 0.102. The zero-order chi connectivity index (χ0) is 22.5. The highest BCUT2D eigenvalue weighted by atomic mass is 16.2. The number of H-pyrrole nitrogens is 1.